The average molecular weight is 243 g/mol. The van der Waals surface area contributed by atoms with E-state index in [4.69, 9.17) is 5.26 Å². The van der Waals surface area contributed by atoms with Gasteiger partial charge >= 0.3 is 0 Å². The molecule has 4 heteroatoms. The smallest absolute Gasteiger partial charge is 0.0973 e. The average Bonchev–Trinajstić information content (AvgIpc) is 2.07. The summed E-state index contributed by atoms with van der Waals surface area (Å²) >= 11 is 4.81. The summed E-state index contributed by atoms with van der Waals surface area (Å²) in [6, 6.07) is 4.03. The van der Waals surface area contributed by atoms with Crippen LogP contribution in [-0.2, 0) is 0 Å². The maximum absolute atomic E-state index is 8.34. The minimum absolute atomic E-state index is 0.452. The Balaban J connectivity index is 2.77. The number of hydrogen-bond donors (Lipinski definition) is 0. The first-order valence-corrected chi connectivity index (χ1v) is 5.14. The van der Waals surface area contributed by atoms with Crippen LogP contribution in [0, 0.1) is 18.3 Å². The van der Waals surface area contributed by atoms with Crippen LogP contribution in [0.4, 0.5) is 0 Å². The summed E-state index contributed by atoms with van der Waals surface area (Å²) in [7, 11) is 0. The van der Waals surface area contributed by atoms with Gasteiger partial charge in [-0.25, -0.2) is 4.98 Å². The van der Waals surface area contributed by atoms with Gasteiger partial charge in [0.25, 0.3) is 0 Å². The molecule has 12 heavy (non-hydrogen) atoms. The molecule has 0 saturated heterocycles. The molecule has 0 spiro atoms. The van der Waals surface area contributed by atoms with Gasteiger partial charge in [0.05, 0.1) is 16.8 Å². The highest BCUT2D eigenvalue weighted by atomic mass is 79.9. The van der Waals surface area contributed by atoms with E-state index in [1.807, 2.05) is 13.0 Å². The van der Waals surface area contributed by atoms with Crippen molar-refractivity contribution in [3.8, 4) is 6.07 Å². The first-order chi connectivity index (χ1) is 5.74. The van der Waals surface area contributed by atoms with Crippen LogP contribution < -0.4 is 0 Å². The molecular weight excluding hydrogens is 236 g/mol. The molecule has 1 rings (SSSR count). The van der Waals surface area contributed by atoms with Crippen LogP contribution in [0.25, 0.3) is 0 Å². The maximum Gasteiger partial charge on any atom is 0.0973 e. The number of nitriles is 1. The van der Waals surface area contributed by atoms with Crippen molar-refractivity contribution in [1.82, 2.24) is 4.98 Å². The van der Waals surface area contributed by atoms with Gasteiger partial charge in [0.1, 0.15) is 0 Å². The van der Waals surface area contributed by atoms with Crippen LogP contribution in [0.1, 0.15) is 5.56 Å². The van der Waals surface area contributed by atoms with E-state index in [1.54, 1.807) is 6.20 Å². The number of halogens is 1. The highest BCUT2D eigenvalue weighted by Crippen LogP contribution is 2.20. The number of aromatic nitrogens is 1. The van der Waals surface area contributed by atoms with E-state index in [-0.39, 0.29) is 0 Å². The fraction of sp³-hybridized carbons (Fsp3) is 0.250. The van der Waals surface area contributed by atoms with E-state index < -0.39 is 0 Å². The Morgan fingerprint density at radius 1 is 1.75 bits per heavy atom. The molecule has 1 heterocycles. The van der Waals surface area contributed by atoms with Crippen molar-refractivity contribution in [3.05, 3.63) is 22.3 Å². The Morgan fingerprint density at radius 3 is 3.08 bits per heavy atom. The van der Waals surface area contributed by atoms with Crippen LogP contribution in [0.5, 0.6) is 0 Å². The number of aryl methyl sites for hydroxylation is 1. The fourth-order valence-electron chi connectivity index (χ4n) is 0.699. The van der Waals surface area contributed by atoms with Crippen LogP contribution >= 0.6 is 27.7 Å². The Hall–Kier alpha value is -0.530. The summed E-state index contributed by atoms with van der Waals surface area (Å²) in [5, 5.41) is 9.24. The van der Waals surface area contributed by atoms with Crippen molar-refractivity contribution in [3.63, 3.8) is 0 Å². The number of pyridine rings is 1. The van der Waals surface area contributed by atoms with Gasteiger partial charge in [-0.2, -0.15) is 5.26 Å². The Bertz CT molecular complexity index is 319. The number of nitrogens with zero attached hydrogens (tertiary/aromatic N) is 2. The van der Waals surface area contributed by atoms with Gasteiger partial charge in [-0.05, 0) is 34.5 Å². The third-order valence-corrected chi connectivity index (χ3v) is 2.93. The lowest BCUT2D eigenvalue weighted by Gasteiger charge is -1.99. The van der Waals surface area contributed by atoms with E-state index in [0.717, 1.165) is 15.1 Å². The molecule has 1 aromatic rings. The lowest BCUT2D eigenvalue weighted by atomic mass is 10.3. The molecule has 2 nitrogen and oxygen atoms in total. The third-order valence-electron chi connectivity index (χ3n) is 1.31. The predicted octanol–water partition coefficient (Wildman–Crippen LogP) is 2.77. The van der Waals surface area contributed by atoms with E-state index in [2.05, 4.69) is 27.0 Å². The van der Waals surface area contributed by atoms with Crippen molar-refractivity contribution in [2.75, 3.05) is 5.75 Å². The summed E-state index contributed by atoms with van der Waals surface area (Å²) < 4.78 is 1.00. The van der Waals surface area contributed by atoms with Gasteiger partial charge in [-0.3, -0.25) is 0 Å². The van der Waals surface area contributed by atoms with Gasteiger partial charge in [-0.15, -0.1) is 0 Å². The summed E-state index contributed by atoms with van der Waals surface area (Å²) in [4.78, 5) is 4.14. The zero-order chi connectivity index (χ0) is 8.97. The molecule has 0 aliphatic rings. The first-order valence-electron chi connectivity index (χ1n) is 3.36. The van der Waals surface area contributed by atoms with Gasteiger partial charge in [0.15, 0.2) is 0 Å². The Labute approximate surface area is 84.1 Å². The van der Waals surface area contributed by atoms with Gasteiger partial charge in [0, 0.05) is 10.7 Å². The van der Waals surface area contributed by atoms with Crippen LogP contribution in [0.2, 0.25) is 0 Å². The zero-order valence-electron chi connectivity index (χ0n) is 6.54. The standard InChI is InChI=1S/C8H7BrN2S/c1-6-4-8(12-3-2-10)11-5-7(6)9/h4-5H,3H2,1H3. The second-order valence-corrected chi connectivity index (χ2v) is 4.07. The van der Waals surface area contributed by atoms with Crippen molar-refractivity contribution in [2.45, 2.75) is 11.9 Å². The molecule has 0 bridgehead atoms. The Kier molecular flexibility index (Phi) is 3.57. The zero-order valence-corrected chi connectivity index (χ0v) is 8.94. The Morgan fingerprint density at radius 2 is 2.50 bits per heavy atom. The lowest BCUT2D eigenvalue weighted by Crippen LogP contribution is -1.83. The normalized spacial score (nSPS) is 9.42. The van der Waals surface area contributed by atoms with E-state index >= 15 is 0 Å². The molecule has 62 valence electrons. The quantitative estimate of drug-likeness (QED) is 0.749. The molecule has 0 radical (unpaired) electrons. The summed E-state index contributed by atoms with van der Waals surface area (Å²) in [5.74, 6) is 0.452. The number of rotatable bonds is 2. The molecule has 0 saturated carbocycles. The van der Waals surface area contributed by atoms with Gasteiger partial charge in [0.2, 0.25) is 0 Å². The topological polar surface area (TPSA) is 36.7 Å². The van der Waals surface area contributed by atoms with Crippen molar-refractivity contribution >= 4 is 27.7 Å². The first kappa shape index (κ1) is 9.56. The molecule has 0 aliphatic heterocycles. The van der Waals surface area contributed by atoms with Crippen molar-refractivity contribution in [1.29, 1.82) is 5.26 Å². The molecule has 0 fully saturated rings. The van der Waals surface area contributed by atoms with Crippen molar-refractivity contribution < 1.29 is 0 Å². The van der Waals surface area contributed by atoms with Crippen LogP contribution in [0.15, 0.2) is 21.8 Å². The predicted molar refractivity (Wildman–Crippen MR) is 53.0 cm³/mol. The second-order valence-electron chi connectivity index (χ2n) is 2.22. The largest absolute Gasteiger partial charge is 0.249 e. The van der Waals surface area contributed by atoms with Gasteiger partial charge < -0.3 is 0 Å². The highest BCUT2D eigenvalue weighted by molar-refractivity contribution is 9.10. The third kappa shape index (κ3) is 2.50. The maximum atomic E-state index is 8.34. The summed E-state index contributed by atoms with van der Waals surface area (Å²) in [6.45, 7) is 2.00. The molecule has 1 aromatic heterocycles. The molecule has 0 atom stereocenters. The minimum Gasteiger partial charge on any atom is -0.249 e. The number of hydrogen-bond acceptors (Lipinski definition) is 3. The highest BCUT2D eigenvalue weighted by Gasteiger charge is 1.98. The molecule has 0 aliphatic carbocycles. The second kappa shape index (κ2) is 4.48. The van der Waals surface area contributed by atoms with E-state index in [0.29, 0.717) is 5.75 Å². The van der Waals surface area contributed by atoms with Crippen LogP contribution in [-0.4, -0.2) is 10.7 Å². The minimum atomic E-state index is 0.452. The molecular formula is C8H7BrN2S. The molecule has 0 aromatic carbocycles. The number of thioether (sulfide) groups is 1. The molecule has 0 unspecified atom stereocenters. The van der Waals surface area contributed by atoms with Gasteiger partial charge in [-0.1, -0.05) is 11.8 Å². The monoisotopic (exact) mass is 242 g/mol. The van der Waals surface area contributed by atoms with E-state index in [1.165, 1.54) is 11.8 Å². The van der Waals surface area contributed by atoms with E-state index in [9.17, 15) is 0 Å². The summed E-state index contributed by atoms with van der Waals surface area (Å²) in [6.07, 6.45) is 1.76. The van der Waals surface area contributed by atoms with Crippen molar-refractivity contribution in [2.24, 2.45) is 0 Å². The fourth-order valence-corrected chi connectivity index (χ4v) is 1.52. The molecule has 0 amide bonds. The van der Waals surface area contributed by atoms with Crippen LogP contribution in [0.3, 0.4) is 0 Å². The lowest BCUT2D eigenvalue weighted by molar-refractivity contribution is 1.10. The summed E-state index contributed by atoms with van der Waals surface area (Å²) in [5.41, 5.74) is 1.14. The molecule has 0 N–H and O–H groups in total. The SMILES string of the molecule is Cc1cc(SCC#N)ncc1Br.